The molecule has 0 aliphatic carbocycles. The first-order chi connectivity index (χ1) is 11.4. The van der Waals surface area contributed by atoms with Crippen molar-refractivity contribution in [2.75, 3.05) is 11.9 Å². The summed E-state index contributed by atoms with van der Waals surface area (Å²) in [5, 5.41) is 14.0. The van der Waals surface area contributed by atoms with Crippen molar-refractivity contribution in [3.05, 3.63) is 55.9 Å². The fourth-order valence-electron chi connectivity index (χ4n) is 2.16. The molecule has 0 aliphatic rings. The Hall–Kier alpha value is -2.74. The fraction of sp³-hybridized carbons (Fsp3) is 0.250. The zero-order valence-corrected chi connectivity index (χ0v) is 14.2. The van der Waals surface area contributed by atoms with Crippen LogP contribution in [-0.4, -0.2) is 23.4 Å². The molecule has 2 aromatic rings. The van der Waals surface area contributed by atoms with E-state index in [2.05, 4.69) is 5.32 Å². The number of para-hydroxylation sites is 1. The van der Waals surface area contributed by atoms with E-state index < -0.39 is 16.8 Å². The van der Waals surface area contributed by atoms with Crippen LogP contribution in [0.4, 0.5) is 10.7 Å². The Morgan fingerprint density at radius 3 is 2.58 bits per heavy atom. The van der Waals surface area contributed by atoms with Crippen molar-refractivity contribution in [2.24, 2.45) is 0 Å². The van der Waals surface area contributed by atoms with Gasteiger partial charge in [-0.25, -0.2) is 4.79 Å². The van der Waals surface area contributed by atoms with Crippen molar-refractivity contribution in [3.8, 4) is 0 Å². The molecule has 0 spiro atoms. The number of esters is 1. The highest BCUT2D eigenvalue weighted by molar-refractivity contribution is 7.16. The molecule has 126 valence electrons. The molecule has 0 saturated carbocycles. The molecule has 0 bridgehead atoms. The molecule has 24 heavy (non-hydrogen) atoms. The van der Waals surface area contributed by atoms with Gasteiger partial charge in [-0.1, -0.05) is 12.1 Å². The second-order valence-electron chi connectivity index (χ2n) is 4.94. The van der Waals surface area contributed by atoms with E-state index in [0.717, 1.165) is 10.4 Å². The number of amides is 1. The molecule has 1 N–H and O–H groups in total. The second-order valence-corrected chi connectivity index (χ2v) is 6.16. The Morgan fingerprint density at radius 1 is 1.29 bits per heavy atom. The van der Waals surface area contributed by atoms with Crippen LogP contribution in [0.3, 0.4) is 0 Å². The maximum absolute atomic E-state index is 12.4. The summed E-state index contributed by atoms with van der Waals surface area (Å²) in [5.74, 6) is -1.17. The van der Waals surface area contributed by atoms with Gasteiger partial charge in [-0.15, -0.1) is 11.3 Å². The van der Waals surface area contributed by atoms with Gasteiger partial charge in [0, 0.05) is 10.9 Å². The average molecular weight is 348 g/mol. The number of nitrogens with zero attached hydrogens (tertiary/aromatic N) is 1. The maximum atomic E-state index is 12.4. The standard InChI is InChI=1S/C16H16N2O5S/c1-4-23-16(20)13-9(2)10(3)24-15(13)17-14(19)11-7-5-6-8-12(11)18(21)22/h5-8H,4H2,1-3H3,(H,17,19). The Morgan fingerprint density at radius 2 is 1.96 bits per heavy atom. The first-order valence-corrected chi connectivity index (χ1v) is 8.00. The molecule has 1 heterocycles. The molecule has 1 amide bonds. The van der Waals surface area contributed by atoms with E-state index in [1.54, 1.807) is 19.9 Å². The predicted molar refractivity (Wildman–Crippen MR) is 90.8 cm³/mol. The smallest absolute Gasteiger partial charge is 0.341 e. The lowest BCUT2D eigenvalue weighted by molar-refractivity contribution is -0.385. The summed E-state index contributed by atoms with van der Waals surface area (Å²) >= 11 is 1.23. The molecular formula is C16H16N2O5S. The number of benzene rings is 1. The number of hydrogen-bond acceptors (Lipinski definition) is 6. The minimum absolute atomic E-state index is 0.0685. The molecule has 2 rings (SSSR count). The third kappa shape index (κ3) is 3.43. The zero-order chi connectivity index (χ0) is 17.9. The number of ether oxygens (including phenoxy) is 1. The van der Waals surface area contributed by atoms with Crippen LogP contribution in [0.25, 0.3) is 0 Å². The minimum Gasteiger partial charge on any atom is -0.462 e. The van der Waals surface area contributed by atoms with Gasteiger partial charge in [0.05, 0.1) is 17.1 Å². The van der Waals surface area contributed by atoms with Crippen LogP contribution < -0.4 is 5.32 Å². The van der Waals surface area contributed by atoms with Gasteiger partial charge in [-0.3, -0.25) is 14.9 Å². The van der Waals surface area contributed by atoms with E-state index in [4.69, 9.17) is 4.74 Å². The van der Waals surface area contributed by atoms with Crippen molar-refractivity contribution in [1.82, 2.24) is 0 Å². The van der Waals surface area contributed by atoms with Crippen molar-refractivity contribution in [3.63, 3.8) is 0 Å². The lowest BCUT2D eigenvalue weighted by Gasteiger charge is -2.07. The quantitative estimate of drug-likeness (QED) is 0.504. The van der Waals surface area contributed by atoms with Crippen LogP contribution in [0.5, 0.6) is 0 Å². The van der Waals surface area contributed by atoms with Crippen LogP contribution >= 0.6 is 11.3 Å². The average Bonchev–Trinajstić information content (AvgIpc) is 2.81. The molecule has 1 aromatic carbocycles. The Balaban J connectivity index is 2.39. The van der Waals surface area contributed by atoms with E-state index in [1.165, 1.54) is 29.5 Å². The summed E-state index contributed by atoms with van der Waals surface area (Å²) in [6.45, 7) is 5.49. The number of thiophene rings is 1. The summed E-state index contributed by atoms with van der Waals surface area (Å²) in [6.07, 6.45) is 0. The van der Waals surface area contributed by atoms with Crippen molar-refractivity contribution in [1.29, 1.82) is 0 Å². The van der Waals surface area contributed by atoms with Crippen molar-refractivity contribution < 1.29 is 19.2 Å². The van der Waals surface area contributed by atoms with Crippen LogP contribution in [-0.2, 0) is 4.74 Å². The lowest BCUT2D eigenvalue weighted by atomic mass is 10.1. The van der Waals surface area contributed by atoms with E-state index in [1.807, 2.05) is 6.92 Å². The van der Waals surface area contributed by atoms with E-state index in [9.17, 15) is 19.7 Å². The van der Waals surface area contributed by atoms with Crippen LogP contribution in [0.15, 0.2) is 24.3 Å². The number of rotatable bonds is 5. The molecule has 0 saturated heterocycles. The van der Waals surface area contributed by atoms with Crippen LogP contribution in [0.2, 0.25) is 0 Å². The highest BCUT2D eigenvalue weighted by Gasteiger charge is 2.25. The van der Waals surface area contributed by atoms with Crippen molar-refractivity contribution >= 4 is 33.9 Å². The maximum Gasteiger partial charge on any atom is 0.341 e. The van der Waals surface area contributed by atoms with Gasteiger partial charge in [-0.2, -0.15) is 0 Å². The topological polar surface area (TPSA) is 98.5 Å². The molecule has 7 nitrogen and oxygen atoms in total. The number of anilines is 1. The van der Waals surface area contributed by atoms with Gasteiger partial charge in [0.2, 0.25) is 0 Å². The Kier molecular flexibility index (Phi) is 5.30. The molecule has 0 aliphatic heterocycles. The minimum atomic E-state index is -0.644. The summed E-state index contributed by atoms with van der Waals surface area (Å²) in [4.78, 5) is 35.8. The molecule has 8 heteroatoms. The van der Waals surface area contributed by atoms with Gasteiger partial charge < -0.3 is 10.1 Å². The molecule has 1 aromatic heterocycles. The fourth-order valence-corrected chi connectivity index (χ4v) is 3.20. The molecule has 0 atom stereocenters. The number of nitro benzene ring substituents is 1. The lowest BCUT2D eigenvalue weighted by Crippen LogP contribution is -2.16. The largest absolute Gasteiger partial charge is 0.462 e. The summed E-state index contributed by atoms with van der Waals surface area (Å²) in [6, 6.07) is 5.65. The number of nitrogens with one attached hydrogen (secondary N) is 1. The van der Waals surface area contributed by atoms with E-state index in [0.29, 0.717) is 5.00 Å². The van der Waals surface area contributed by atoms with Crippen LogP contribution in [0.1, 0.15) is 38.1 Å². The molecule has 0 unspecified atom stereocenters. The third-order valence-corrected chi connectivity index (χ3v) is 4.56. The number of hydrogen-bond donors (Lipinski definition) is 1. The normalized spacial score (nSPS) is 10.3. The van der Waals surface area contributed by atoms with Gasteiger partial charge in [0.25, 0.3) is 11.6 Å². The SMILES string of the molecule is CCOC(=O)c1c(NC(=O)c2ccccc2[N+](=O)[O-])sc(C)c1C. The van der Waals surface area contributed by atoms with Crippen LogP contribution in [0, 0.1) is 24.0 Å². The number of nitro groups is 1. The van der Waals surface area contributed by atoms with Gasteiger partial charge in [-0.05, 0) is 32.4 Å². The number of carbonyl (C=O) groups is 2. The summed E-state index contributed by atoms with van der Waals surface area (Å²) in [7, 11) is 0. The highest BCUT2D eigenvalue weighted by Crippen LogP contribution is 2.33. The van der Waals surface area contributed by atoms with E-state index in [-0.39, 0.29) is 23.4 Å². The first kappa shape index (κ1) is 17.6. The Labute approximate surface area is 142 Å². The second kappa shape index (κ2) is 7.22. The first-order valence-electron chi connectivity index (χ1n) is 7.18. The molecular weight excluding hydrogens is 332 g/mol. The van der Waals surface area contributed by atoms with Gasteiger partial charge in [0.1, 0.15) is 10.6 Å². The monoisotopic (exact) mass is 348 g/mol. The van der Waals surface area contributed by atoms with E-state index >= 15 is 0 Å². The predicted octanol–water partition coefficient (Wildman–Crippen LogP) is 3.70. The van der Waals surface area contributed by atoms with Crippen molar-refractivity contribution in [2.45, 2.75) is 20.8 Å². The molecule has 0 radical (unpaired) electrons. The zero-order valence-electron chi connectivity index (χ0n) is 13.4. The number of aryl methyl sites for hydroxylation is 1. The summed E-state index contributed by atoms with van der Waals surface area (Å²) < 4.78 is 5.02. The van der Waals surface area contributed by atoms with Gasteiger partial charge in [0.15, 0.2) is 0 Å². The number of carbonyl (C=O) groups excluding carboxylic acids is 2. The summed E-state index contributed by atoms with van der Waals surface area (Å²) in [5.41, 5.74) is 0.640. The highest BCUT2D eigenvalue weighted by atomic mass is 32.1. The van der Waals surface area contributed by atoms with Gasteiger partial charge >= 0.3 is 5.97 Å². The molecule has 0 fully saturated rings. The third-order valence-electron chi connectivity index (χ3n) is 3.44. The Bertz CT molecular complexity index is 813.